The Morgan fingerprint density at radius 2 is 2.06 bits per heavy atom. The molecule has 0 aliphatic heterocycles. The Morgan fingerprint density at radius 1 is 1.33 bits per heavy atom. The summed E-state index contributed by atoms with van der Waals surface area (Å²) in [7, 11) is 0. The van der Waals surface area contributed by atoms with Gasteiger partial charge in [0.15, 0.2) is 0 Å². The van der Waals surface area contributed by atoms with Gasteiger partial charge in [-0.2, -0.15) is 0 Å². The molecule has 0 aliphatic rings. The van der Waals surface area contributed by atoms with Crippen LogP contribution in [0.3, 0.4) is 0 Å². The van der Waals surface area contributed by atoms with Crippen LogP contribution in [0.25, 0.3) is 0 Å². The summed E-state index contributed by atoms with van der Waals surface area (Å²) in [6.45, 7) is 14.1. The maximum absolute atomic E-state index is 4.41. The third-order valence-electron chi connectivity index (χ3n) is 3.16. The van der Waals surface area contributed by atoms with Crippen molar-refractivity contribution in [2.75, 3.05) is 19.6 Å². The summed E-state index contributed by atoms with van der Waals surface area (Å²) in [5, 5.41) is 3.38. The SMILES string of the molecule is CCN(CC)CCCn1cnc(CNC(C)C)c1. The monoisotopic (exact) mass is 252 g/mol. The minimum absolute atomic E-state index is 0.512. The summed E-state index contributed by atoms with van der Waals surface area (Å²) < 4.78 is 2.20. The van der Waals surface area contributed by atoms with E-state index in [1.807, 2.05) is 6.33 Å². The van der Waals surface area contributed by atoms with Crippen molar-refractivity contribution in [1.29, 1.82) is 0 Å². The first-order chi connectivity index (χ1) is 8.65. The molecule has 18 heavy (non-hydrogen) atoms. The second-order valence-electron chi connectivity index (χ2n) is 5.02. The van der Waals surface area contributed by atoms with E-state index in [1.54, 1.807) is 0 Å². The lowest BCUT2D eigenvalue weighted by Gasteiger charge is -2.17. The van der Waals surface area contributed by atoms with E-state index in [0.29, 0.717) is 6.04 Å². The second-order valence-corrected chi connectivity index (χ2v) is 5.02. The summed E-state index contributed by atoms with van der Waals surface area (Å²) in [5.74, 6) is 0. The quantitative estimate of drug-likeness (QED) is 0.731. The van der Waals surface area contributed by atoms with Gasteiger partial charge in [-0.1, -0.05) is 27.7 Å². The molecule has 0 aliphatic carbocycles. The van der Waals surface area contributed by atoms with Crippen LogP contribution in [0.2, 0.25) is 0 Å². The standard InChI is InChI=1S/C14H28N4/c1-5-17(6-2)8-7-9-18-11-14(16-12-18)10-15-13(3)4/h11-13,15H,5-10H2,1-4H3. The Labute approximate surface area is 111 Å². The highest BCUT2D eigenvalue weighted by Gasteiger charge is 2.01. The van der Waals surface area contributed by atoms with Gasteiger partial charge in [0.2, 0.25) is 0 Å². The maximum atomic E-state index is 4.41. The number of rotatable bonds is 9. The van der Waals surface area contributed by atoms with Gasteiger partial charge in [0.1, 0.15) is 0 Å². The Morgan fingerprint density at radius 3 is 2.67 bits per heavy atom. The van der Waals surface area contributed by atoms with Crippen molar-refractivity contribution in [3.63, 3.8) is 0 Å². The van der Waals surface area contributed by atoms with Crippen LogP contribution < -0.4 is 5.32 Å². The lowest BCUT2D eigenvalue weighted by Crippen LogP contribution is -2.24. The summed E-state index contributed by atoms with van der Waals surface area (Å²) in [4.78, 5) is 6.87. The minimum atomic E-state index is 0.512. The van der Waals surface area contributed by atoms with E-state index in [9.17, 15) is 0 Å². The molecule has 0 bridgehead atoms. The van der Waals surface area contributed by atoms with E-state index in [-0.39, 0.29) is 0 Å². The van der Waals surface area contributed by atoms with Crippen molar-refractivity contribution in [2.45, 2.75) is 53.2 Å². The number of hydrogen-bond acceptors (Lipinski definition) is 3. The fraction of sp³-hybridized carbons (Fsp3) is 0.786. The smallest absolute Gasteiger partial charge is 0.0949 e. The topological polar surface area (TPSA) is 33.1 Å². The molecule has 0 fully saturated rings. The molecular weight excluding hydrogens is 224 g/mol. The van der Waals surface area contributed by atoms with Crippen LogP contribution in [0.5, 0.6) is 0 Å². The number of hydrogen-bond donors (Lipinski definition) is 1. The van der Waals surface area contributed by atoms with Crippen LogP contribution in [0.1, 0.15) is 39.8 Å². The molecule has 104 valence electrons. The molecule has 0 aromatic carbocycles. The zero-order chi connectivity index (χ0) is 13.4. The van der Waals surface area contributed by atoms with Gasteiger partial charge in [0.05, 0.1) is 12.0 Å². The van der Waals surface area contributed by atoms with E-state index < -0.39 is 0 Å². The Balaban J connectivity index is 2.26. The van der Waals surface area contributed by atoms with Gasteiger partial charge in [-0.15, -0.1) is 0 Å². The molecule has 1 rings (SSSR count). The minimum Gasteiger partial charge on any atom is -0.337 e. The average Bonchev–Trinajstić information content (AvgIpc) is 2.80. The van der Waals surface area contributed by atoms with E-state index in [1.165, 1.54) is 13.0 Å². The molecule has 0 atom stereocenters. The molecule has 0 radical (unpaired) electrons. The third-order valence-corrected chi connectivity index (χ3v) is 3.16. The molecule has 0 unspecified atom stereocenters. The number of aryl methyl sites for hydroxylation is 1. The first kappa shape index (κ1) is 15.2. The van der Waals surface area contributed by atoms with Crippen LogP contribution in [0.15, 0.2) is 12.5 Å². The van der Waals surface area contributed by atoms with Crippen LogP contribution in [-0.4, -0.2) is 40.1 Å². The largest absolute Gasteiger partial charge is 0.337 e. The van der Waals surface area contributed by atoms with Crippen molar-refractivity contribution < 1.29 is 0 Å². The summed E-state index contributed by atoms with van der Waals surface area (Å²) in [6, 6.07) is 0.512. The Hall–Kier alpha value is -0.870. The van der Waals surface area contributed by atoms with Crippen molar-refractivity contribution >= 4 is 0 Å². The molecule has 1 N–H and O–H groups in total. The van der Waals surface area contributed by atoms with E-state index in [4.69, 9.17) is 0 Å². The van der Waals surface area contributed by atoms with Crippen molar-refractivity contribution in [2.24, 2.45) is 0 Å². The molecule has 4 nitrogen and oxygen atoms in total. The fourth-order valence-electron chi connectivity index (χ4n) is 1.95. The lowest BCUT2D eigenvalue weighted by atomic mass is 10.3. The van der Waals surface area contributed by atoms with Crippen molar-refractivity contribution in [3.8, 4) is 0 Å². The van der Waals surface area contributed by atoms with Crippen LogP contribution in [0, 0.1) is 0 Å². The lowest BCUT2D eigenvalue weighted by molar-refractivity contribution is 0.293. The molecule has 1 aromatic rings. The van der Waals surface area contributed by atoms with Gasteiger partial charge in [0, 0.05) is 25.3 Å². The zero-order valence-electron chi connectivity index (χ0n) is 12.3. The highest BCUT2D eigenvalue weighted by molar-refractivity contribution is 4.96. The van der Waals surface area contributed by atoms with Gasteiger partial charge in [0.25, 0.3) is 0 Å². The first-order valence-electron chi connectivity index (χ1n) is 7.12. The zero-order valence-corrected chi connectivity index (χ0v) is 12.3. The third kappa shape index (κ3) is 5.65. The average molecular weight is 252 g/mol. The van der Waals surface area contributed by atoms with Crippen LogP contribution in [-0.2, 0) is 13.1 Å². The number of aromatic nitrogens is 2. The summed E-state index contributed by atoms with van der Waals surface area (Å²) in [5.41, 5.74) is 1.13. The molecule has 0 saturated heterocycles. The van der Waals surface area contributed by atoms with Gasteiger partial charge < -0.3 is 14.8 Å². The maximum Gasteiger partial charge on any atom is 0.0949 e. The van der Waals surface area contributed by atoms with Crippen LogP contribution in [0.4, 0.5) is 0 Å². The van der Waals surface area contributed by atoms with Crippen LogP contribution >= 0.6 is 0 Å². The predicted molar refractivity (Wildman–Crippen MR) is 76.6 cm³/mol. The molecule has 1 aromatic heterocycles. The second kappa shape index (κ2) is 8.27. The fourth-order valence-corrected chi connectivity index (χ4v) is 1.95. The van der Waals surface area contributed by atoms with E-state index in [2.05, 4.69) is 53.7 Å². The molecule has 0 amide bonds. The van der Waals surface area contributed by atoms with Crippen molar-refractivity contribution in [3.05, 3.63) is 18.2 Å². The first-order valence-corrected chi connectivity index (χ1v) is 7.12. The van der Waals surface area contributed by atoms with E-state index in [0.717, 1.165) is 31.9 Å². The highest BCUT2D eigenvalue weighted by Crippen LogP contribution is 1.99. The number of imidazole rings is 1. The van der Waals surface area contributed by atoms with Gasteiger partial charge in [-0.3, -0.25) is 0 Å². The van der Waals surface area contributed by atoms with Gasteiger partial charge in [-0.25, -0.2) is 4.98 Å². The Bertz CT molecular complexity index is 315. The van der Waals surface area contributed by atoms with Crippen molar-refractivity contribution in [1.82, 2.24) is 19.8 Å². The highest BCUT2D eigenvalue weighted by atomic mass is 15.1. The molecular formula is C14H28N4. The van der Waals surface area contributed by atoms with Gasteiger partial charge >= 0.3 is 0 Å². The molecule has 1 heterocycles. The predicted octanol–water partition coefficient (Wildman–Crippen LogP) is 2.11. The molecule has 0 saturated carbocycles. The van der Waals surface area contributed by atoms with E-state index >= 15 is 0 Å². The Kier molecular flexibility index (Phi) is 6.98. The van der Waals surface area contributed by atoms with Gasteiger partial charge in [-0.05, 0) is 26.1 Å². The molecule has 4 heteroatoms. The number of nitrogens with one attached hydrogen (secondary N) is 1. The summed E-state index contributed by atoms with van der Waals surface area (Å²) in [6.07, 6.45) is 5.28. The summed E-state index contributed by atoms with van der Waals surface area (Å²) >= 11 is 0. The molecule has 0 spiro atoms. The number of nitrogens with zero attached hydrogens (tertiary/aromatic N) is 3. The normalized spacial score (nSPS) is 11.7.